The molecule has 0 nitrogen and oxygen atoms in total. The van der Waals surface area contributed by atoms with Gasteiger partial charge in [0.15, 0.2) is 0 Å². The van der Waals surface area contributed by atoms with Gasteiger partial charge in [0, 0.05) is 0 Å². The van der Waals surface area contributed by atoms with E-state index < -0.39 is 0 Å². The van der Waals surface area contributed by atoms with Crippen molar-refractivity contribution in [2.75, 3.05) is 0 Å². The molecule has 0 saturated heterocycles. The van der Waals surface area contributed by atoms with Crippen LogP contribution >= 0.6 is 0 Å². The number of hydrogen-bond acceptors (Lipinski definition) is 0. The molecule has 0 radical (unpaired) electrons. The fourth-order valence-electron chi connectivity index (χ4n) is 2.57. The van der Waals surface area contributed by atoms with Gasteiger partial charge in [-0.25, -0.2) is 0 Å². The Bertz CT molecular complexity index is 562. The molecule has 0 spiro atoms. The molecule has 0 saturated carbocycles. The predicted molar refractivity (Wildman–Crippen MR) is 80.2 cm³/mol. The highest BCUT2D eigenvalue weighted by Crippen LogP contribution is 2.29. The van der Waals surface area contributed by atoms with Gasteiger partial charge < -0.3 is 0 Å². The molecule has 0 fully saturated rings. The Hall–Kier alpha value is -1.56. The van der Waals surface area contributed by atoms with Crippen LogP contribution in [-0.4, -0.2) is 0 Å². The Labute approximate surface area is 111 Å². The van der Waals surface area contributed by atoms with E-state index in [9.17, 15) is 0 Å². The largest absolute Gasteiger partial charge is 0.0587 e. The van der Waals surface area contributed by atoms with Crippen LogP contribution in [0.25, 0.3) is 11.1 Å². The second kappa shape index (κ2) is 4.97. The molecule has 0 atom stereocenters. The fraction of sp³-hybridized carbons (Fsp3) is 0.333. The summed E-state index contributed by atoms with van der Waals surface area (Å²) in [5.74, 6) is 0.579. The summed E-state index contributed by atoms with van der Waals surface area (Å²) in [7, 11) is 0. The summed E-state index contributed by atoms with van der Waals surface area (Å²) in [5.41, 5.74) is 8.20. The average Bonchev–Trinajstić information content (AvgIpc) is 2.30. The topological polar surface area (TPSA) is 0 Å². The van der Waals surface area contributed by atoms with E-state index in [0.29, 0.717) is 5.92 Å². The summed E-state index contributed by atoms with van der Waals surface area (Å²) in [6.45, 7) is 11.0. The lowest BCUT2D eigenvalue weighted by molar-refractivity contribution is 0.857. The van der Waals surface area contributed by atoms with Crippen LogP contribution in [0.4, 0.5) is 0 Å². The minimum atomic E-state index is 0.579. The number of rotatable bonds is 2. The lowest BCUT2D eigenvalue weighted by Gasteiger charge is -2.14. The van der Waals surface area contributed by atoms with Gasteiger partial charge in [-0.3, -0.25) is 0 Å². The van der Waals surface area contributed by atoms with Crippen molar-refractivity contribution in [1.29, 1.82) is 0 Å². The normalized spacial score (nSPS) is 11.0. The van der Waals surface area contributed by atoms with Gasteiger partial charge in [0.25, 0.3) is 0 Å². The first kappa shape index (κ1) is 12.9. The summed E-state index contributed by atoms with van der Waals surface area (Å²) in [6, 6.07) is 13.5. The third-order valence-electron chi connectivity index (χ3n) is 3.59. The Balaban J connectivity index is 2.54. The van der Waals surface area contributed by atoms with Crippen LogP contribution in [0, 0.1) is 20.8 Å². The highest BCUT2D eigenvalue weighted by molar-refractivity contribution is 5.69. The molecule has 0 bridgehead atoms. The van der Waals surface area contributed by atoms with E-state index in [0.717, 1.165) is 0 Å². The highest BCUT2D eigenvalue weighted by atomic mass is 14.1. The fourth-order valence-corrected chi connectivity index (χ4v) is 2.57. The van der Waals surface area contributed by atoms with Gasteiger partial charge in [0.2, 0.25) is 0 Å². The molecular formula is C18H22. The molecule has 2 aromatic carbocycles. The zero-order chi connectivity index (χ0) is 13.3. The summed E-state index contributed by atoms with van der Waals surface area (Å²) >= 11 is 0. The van der Waals surface area contributed by atoms with Crippen molar-refractivity contribution >= 4 is 0 Å². The van der Waals surface area contributed by atoms with Gasteiger partial charge in [-0.15, -0.1) is 0 Å². The first-order valence-corrected chi connectivity index (χ1v) is 6.67. The second-order valence-corrected chi connectivity index (χ2v) is 5.54. The van der Waals surface area contributed by atoms with Crippen LogP contribution in [0.15, 0.2) is 36.4 Å². The molecule has 0 aliphatic rings. The SMILES string of the molecule is Cc1ccc(-c2ccc(C)c(C(C)C)c2)c(C)c1. The second-order valence-electron chi connectivity index (χ2n) is 5.54. The lowest BCUT2D eigenvalue weighted by atomic mass is 9.91. The molecule has 0 aliphatic carbocycles. The first-order chi connectivity index (χ1) is 8.49. The Morgan fingerprint density at radius 1 is 0.778 bits per heavy atom. The molecular weight excluding hydrogens is 216 g/mol. The number of aryl methyl sites for hydroxylation is 3. The van der Waals surface area contributed by atoms with Crippen molar-refractivity contribution in [1.82, 2.24) is 0 Å². The van der Waals surface area contributed by atoms with Crippen molar-refractivity contribution < 1.29 is 0 Å². The zero-order valence-corrected chi connectivity index (χ0v) is 12.0. The predicted octanol–water partition coefficient (Wildman–Crippen LogP) is 5.40. The van der Waals surface area contributed by atoms with Crippen LogP contribution in [0.1, 0.15) is 42.0 Å². The average molecular weight is 238 g/mol. The van der Waals surface area contributed by atoms with E-state index in [1.54, 1.807) is 0 Å². The Morgan fingerprint density at radius 2 is 1.50 bits per heavy atom. The molecule has 0 heterocycles. The van der Waals surface area contributed by atoms with Crippen LogP contribution < -0.4 is 0 Å². The van der Waals surface area contributed by atoms with Gasteiger partial charge in [0.05, 0.1) is 0 Å². The van der Waals surface area contributed by atoms with Gasteiger partial charge in [-0.2, -0.15) is 0 Å². The van der Waals surface area contributed by atoms with Crippen LogP contribution in [0.2, 0.25) is 0 Å². The third kappa shape index (κ3) is 2.48. The third-order valence-corrected chi connectivity index (χ3v) is 3.59. The Morgan fingerprint density at radius 3 is 2.11 bits per heavy atom. The molecule has 0 aliphatic heterocycles. The molecule has 0 unspecified atom stereocenters. The number of benzene rings is 2. The van der Waals surface area contributed by atoms with Gasteiger partial charge in [0.1, 0.15) is 0 Å². The van der Waals surface area contributed by atoms with Crippen LogP contribution in [-0.2, 0) is 0 Å². The summed E-state index contributed by atoms with van der Waals surface area (Å²) in [4.78, 5) is 0. The quantitative estimate of drug-likeness (QED) is 0.657. The lowest BCUT2D eigenvalue weighted by Crippen LogP contribution is -1.93. The molecule has 0 heteroatoms. The Kier molecular flexibility index (Phi) is 3.56. The van der Waals surface area contributed by atoms with Gasteiger partial charge in [-0.05, 0) is 54.5 Å². The van der Waals surface area contributed by atoms with Crippen molar-refractivity contribution in [3.63, 3.8) is 0 Å². The molecule has 2 rings (SSSR count). The summed E-state index contributed by atoms with van der Waals surface area (Å²) in [5, 5.41) is 0. The maximum Gasteiger partial charge on any atom is -0.0154 e. The molecule has 18 heavy (non-hydrogen) atoms. The van der Waals surface area contributed by atoms with Gasteiger partial charge >= 0.3 is 0 Å². The maximum absolute atomic E-state index is 2.34. The van der Waals surface area contributed by atoms with E-state index in [4.69, 9.17) is 0 Å². The standard InChI is InChI=1S/C18H22/c1-12(2)18-11-16(8-7-14(18)4)17-9-6-13(3)10-15(17)5/h6-12H,1-5H3. The van der Waals surface area contributed by atoms with Crippen molar-refractivity contribution in [2.24, 2.45) is 0 Å². The van der Waals surface area contributed by atoms with E-state index in [1.807, 2.05) is 0 Å². The molecule has 0 amide bonds. The van der Waals surface area contributed by atoms with Gasteiger partial charge in [-0.1, -0.05) is 55.8 Å². The molecule has 2 aromatic rings. The van der Waals surface area contributed by atoms with E-state index >= 15 is 0 Å². The summed E-state index contributed by atoms with van der Waals surface area (Å²) in [6.07, 6.45) is 0. The molecule has 0 N–H and O–H groups in total. The maximum atomic E-state index is 2.34. The first-order valence-electron chi connectivity index (χ1n) is 6.67. The zero-order valence-electron chi connectivity index (χ0n) is 12.0. The van der Waals surface area contributed by atoms with Crippen LogP contribution in [0.5, 0.6) is 0 Å². The van der Waals surface area contributed by atoms with E-state index in [-0.39, 0.29) is 0 Å². The molecule has 0 aromatic heterocycles. The van der Waals surface area contributed by atoms with E-state index in [1.165, 1.54) is 33.4 Å². The minimum absolute atomic E-state index is 0.579. The van der Waals surface area contributed by atoms with Crippen LogP contribution in [0.3, 0.4) is 0 Å². The highest BCUT2D eigenvalue weighted by Gasteiger charge is 2.07. The van der Waals surface area contributed by atoms with Crippen molar-refractivity contribution in [3.8, 4) is 11.1 Å². The van der Waals surface area contributed by atoms with E-state index in [2.05, 4.69) is 71.0 Å². The minimum Gasteiger partial charge on any atom is -0.0587 e. The monoisotopic (exact) mass is 238 g/mol. The number of hydrogen-bond donors (Lipinski definition) is 0. The van der Waals surface area contributed by atoms with Crippen molar-refractivity contribution in [3.05, 3.63) is 58.7 Å². The van der Waals surface area contributed by atoms with Crippen molar-refractivity contribution in [2.45, 2.75) is 40.5 Å². The summed E-state index contributed by atoms with van der Waals surface area (Å²) < 4.78 is 0. The molecule has 94 valence electrons. The smallest absolute Gasteiger partial charge is 0.0154 e.